The average molecular weight is 301 g/mol. The number of nitrogens with one attached hydrogen (secondary N) is 1. The molecule has 2 amide bonds. The molecule has 1 saturated heterocycles. The molecule has 118 valence electrons. The third kappa shape index (κ3) is 2.78. The van der Waals surface area contributed by atoms with Crippen LogP contribution < -0.4 is 5.32 Å². The van der Waals surface area contributed by atoms with Crippen LogP contribution in [0.15, 0.2) is 24.3 Å². The molecule has 0 bridgehead atoms. The van der Waals surface area contributed by atoms with Gasteiger partial charge in [0.2, 0.25) is 0 Å². The van der Waals surface area contributed by atoms with Crippen molar-refractivity contribution in [2.45, 2.75) is 25.8 Å². The quantitative estimate of drug-likeness (QED) is 0.834. The highest BCUT2D eigenvalue weighted by Gasteiger charge is 2.35. The normalized spacial score (nSPS) is 22.2. The van der Waals surface area contributed by atoms with Crippen LogP contribution in [0.2, 0.25) is 0 Å². The molecule has 1 aromatic carbocycles. The lowest BCUT2D eigenvalue weighted by Crippen LogP contribution is -2.53. The van der Waals surface area contributed by atoms with Gasteiger partial charge in [-0.1, -0.05) is 25.5 Å². The van der Waals surface area contributed by atoms with Gasteiger partial charge in [-0.05, 0) is 18.6 Å². The van der Waals surface area contributed by atoms with Crippen molar-refractivity contribution in [1.82, 2.24) is 15.1 Å². The summed E-state index contributed by atoms with van der Waals surface area (Å²) in [6, 6.07) is 7.59. The fourth-order valence-corrected chi connectivity index (χ4v) is 3.39. The summed E-state index contributed by atoms with van der Waals surface area (Å²) < 4.78 is 0. The predicted octanol–water partition coefficient (Wildman–Crippen LogP) is 1.36. The topological polar surface area (TPSA) is 52.6 Å². The zero-order chi connectivity index (χ0) is 15.5. The molecule has 22 heavy (non-hydrogen) atoms. The summed E-state index contributed by atoms with van der Waals surface area (Å²) in [5.74, 6) is -0.300. The number of amides is 2. The summed E-state index contributed by atoms with van der Waals surface area (Å²) in [7, 11) is 0. The van der Waals surface area contributed by atoms with E-state index in [1.54, 1.807) is 24.3 Å². The van der Waals surface area contributed by atoms with E-state index >= 15 is 0 Å². The van der Waals surface area contributed by atoms with Crippen LogP contribution in [0.3, 0.4) is 0 Å². The molecule has 1 N–H and O–H groups in total. The number of carbonyl (C=O) groups excluding carboxylic acids is 2. The summed E-state index contributed by atoms with van der Waals surface area (Å²) in [5, 5.41) is 3.42. The number of carbonyl (C=O) groups is 2. The zero-order valence-corrected chi connectivity index (χ0v) is 13.0. The van der Waals surface area contributed by atoms with Crippen molar-refractivity contribution < 1.29 is 9.59 Å². The van der Waals surface area contributed by atoms with Gasteiger partial charge in [0.1, 0.15) is 0 Å². The first kappa shape index (κ1) is 15.2. The van der Waals surface area contributed by atoms with Crippen molar-refractivity contribution in [2.24, 2.45) is 0 Å². The monoisotopic (exact) mass is 301 g/mol. The van der Waals surface area contributed by atoms with Gasteiger partial charge in [-0.25, -0.2) is 0 Å². The molecule has 0 saturated carbocycles. The third-order valence-electron chi connectivity index (χ3n) is 4.58. The number of benzene rings is 1. The van der Waals surface area contributed by atoms with Crippen molar-refractivity contribution in [2.75, 3.05) is 32.7 Å². The van der Waals surface area contributed by atoms with E-state index in [0.29, 0.717) is 23.7 Å². The van der Waals surface area contributed by atoms with E-state index < -0.39 is 0 Å². The summed E-state index contributed by atoms with van der Waals surface area (Å²) in [4.78, 5) is 28.5. The first-order chi connectivity index (χ1) is 10.7. The summed E-state index contributed by atoms with van der Waals surface area (Å²) in [5.41, 5.74) is 1.08. The Kier molecular flexibility index (Phi) is 4.55. The van der Waals surface area contributed by atoms with E-state index in [9.17, 15) is 9.59 Å². The molecule has 2 heterocycles. The Morgan fingerprint density at radius 3 is 2.45 bits per heavy atom. The molecule has 2 aliphatic rings. The van der Waals surface area contributed by atoms with Gasteiger partial charge in [-0.2, -0.15) is 0 Å². The highest BCUT2D eigenvalue weighted by atomic mass is 16.2. The van der Waals surface area contributed by atoms with Crippen LogP contribution in [0.25, 0.3) is 0 Å². The molecule has 0 radical (unpaired) electrons. The fourth-order valence-electron chi connectivity index (χ4n) is 3.39. The molecule has 5 nitrogen and oxygen atoms in total. The number of hydrogen-bond donors (Lipinski definition) is 1. The Morgan fingerprint density at radius 1 is 1.14 bits per heavy atom. The molecule has 1 aromatic rings. The van der Waals surface area contributed by atoms with Crippen LogP contribution >= 0.6 is 0 Å². The van der Waals surface area contributed by atoms with Gasteiger partial charge in [-0.3, -0.25) is 19.4 Å². The van der Waals surface area contributed by atoms with Crippen molar-refractivity contribution in [3.05, 3.63) is 35.4 Å². The standard InChI is InChI=1S/C17H23N3O2/c1-2-5-13-12-18-8-9-19(13)10-11-20-16(21)14-6-3-4-7-15(14)17(20)22/h3-4,6-7,13,18H,2,5,8-12H2,1H3. The van der Waals surface area contributed by atoms with Crippen molar-refractivity contribution in [1.29, 1.82) is 0 Å². The first-order valence-electron chi connectivity index (χ1n) is 8.12. The second kappa shape index (κ2) is 6.58. The Hall–Kier alpha value is -1.72. The number of fused-ring (bicyclic) bond motifs is 1. The lowest BCUT2D eigenvalue weighted by molar-refractivity contribution is 0.0611. The molecular weight excluding hydrogens is 278 g/mol. The minimum Gasteiger partial charge on any atom is -0.314 e. The molecule has 1 fully saturated rings. The summed E-state index contributed by atoms with van der Waals surface area (Å²) >= 11 is 0. The van der Waals surface area contributed by atoms with Crippen molar-refractivity contribution in [3.63, 3.8) is 0 Å². The van der Waals surface area contributed by atoms with Gasteiger partial charge in [0.15, 0.2) is 0 Å². The summed E-state index contributed by atoms with van der Waals surface area (Å²) in [6.45, 7) is 6.38. The Morgan fingerprint density at radius 2 is 1.82 bits per heavy atom. The molecule has 5 heteroatoms. The molecule has 0 spiro atoms. The van der Waals surface area contributed by atoms with E-state index in [-0.39, 0.29) is 11.8 Å². The average Bonchev–Trinajstić information content (AvgIpc) is 2.79. The lowest BCUT2D eigenvalue weighted by atomic mass is 10.1. The smallest absolute Gasteiger partial charge is 0.261 e. The molecule has 2 aliphatic heterocycles. The SMILES string of the molecule is CCCC1CNCCN1CCN1C(=O)c2ccccc2C1=O. The van der Waals surface area contributed by atoms with E-state index in [4.69, 9.17) is 0 Å². The molecule has 0 aliphatic carbocycles. The second-order valence-corrected chi connectivity index (χ2v) is 5.99. The van der Waals surface area contributed by atoms with E-state index in [0.717, 1.165) is 39.0 Å². The highest BCUT2D eigenvalue weighted by Crippen LogP contribution is 2.22. The van der Waals surface area contributed by atoms with Crippen LogP contribution in [0.4, 0.5) is 0 Å². The maximum Gasteiger partial charge on any atom is 0.261 e. The fraction of sp³-hybridized carbons (Fsp3) is 0.529. The maximum absolute atomic E-state index is 12.4. The Balaban J connectivity index is 1.65. The van der Waals surface area contributed by atoms with E-state index in [1.165, 1.54) is 4.90 Å². The number of piperazine rings is 1. The predicted molar refractivity (Wildman–Crippen MR) is 84.9 cm³/mol. The lowest BCUT2D eigenvalue weighted by Gasteiger charge is -2.36. The number of nitrogens with zero attached hydrogens (tertiary/aromatic N) is 2. The third-order valence-corrected chi connectivity index (χ3v) is 4.58. The largest absolute Gasteiger partial charge is 0.314 e. The van der Waals surface area contributed by atoms with E-state index in [2.05, 4.69) is 17.1 Å². The number of imide groups is 1. The van der Waals surface area contributed by atoms with Gasteiger partial charge < -0.3 is 5.32 Å². The Bertz CT molecular complexity index is 536. The zero-order valence-electron chi connectivity index (χ0n) is 13.0. The van der Waals surface area contributed by atoms with Crippen molar-refractivity contribution in [3.8, 4) is 0 Å². The van der Waals surface area contributed by atoms with Gasteiger partial charge in [0, 0.05) is 38.8 Å². The second-order valence-electron chi connectivity index (χ2n) is 5.99. The highest BCUT2D eigenvalue weighted by molar-refractivity contribution is 6.21. The first-order valence-corrected chi connectivity index (χ1v) is 8.12. The van der Waals surface area contributed by atoms with Crippen molar-refractivity contribution >= 4 is 11.8 Å². The van der Waals surface area contributed by atoms with Crippen LogP contribution in [-0.2, 0) is 0 Å². The molecule has 1 unspecified atom stereocenters. The Labute approximate surface area is 131 Å². The van der Waals surface area contributed by atoms with Gasteiger partial charge in [0.05, 0.1) is 11.1 Å². The minimum absolute atomic E-state index is 0.150. The molecule has 1 atom stereocenters. The van der Waals surface area contributed by atoms with Crippen LogP contribution in [-0.4, -0.2) is 60.4 Å². The van der Waals surface area contributed by atoms with Gasteiger partial charge in [-0.15, -0.1) is 0 Å². The molecule has 3 rings (SSSR count). The summed E-state index contributed by atoms with van der Waals surface area (Å²) in [6.07, 6.45) is 2.30. The number of hydrogen-bond acceptors (Lipinski definition) is 4. The maximum atomic E-state index is 12.4. The van der Waals surface area contributed by atoms with Crippen LogP contribution in [0.5, 0.6) is 0 Å². The number of rotatable bonds is 5. The van der Waals surface area contributed by atoms with Gasteiger partial charge in [0.25, 0.3) is 11.8 Å². The van der Waals surface area contributed by atoms with Gasteiger partial charge >= 0.3 is 0 Å². The van der Waals surface area contributed by atoms with Crippen LogP contribution in [0, 0.1) is 0 Å². The van der Waals surface area contributed by atoms with Crippen LogP contribution in [0.1, 0.15) is 40.5 Å². The molecular formula is C17H23N3O2. The minimum atomic E-state index is -0.150. The molecule has 0 aromatic heterocycles. The van der Waals surface area contributed by atoms with E-state index in [1.807, 2.05) is 0 Å².